The molecule has 2 aromatic carbocycles. The van der Waals surface area contributed by atoms with Crippen molar-refractivity contribution in [3.05, 3.63) is 78.9 Å². The Hall–Kier alpha value is -5.39. The zero-order chi connectivity index (χ0) is 27.1. The van der Waals surface area contributed by atoms with Crippen LogP contribution in [0, 0.1) is 5.82 Å². The molecule has 0 unspecified atom stereocenters. The molecule has 0 aliphatic carbocycles. The minimum absolute atomic E-state index is 0.0461. The van der Waals surface area contributed by atoms with Crippen molar-refractivity contribution in [2.45, 2.75) is 12.0 Å². The molecule has 2 fully saturated rings. The Bertz CT molecular complexity index is 1600. The van der Waals surface area contributed by atoms with E-state index in [0.29, 0.717) is 28.6 Å². The maximum atomic E-state index is 13.2. The number of benzene rings is 2. The summed E-state index contributed by atoms with van der Waals surface area (Å²) < 4.78 is 24.5. The van der Waals surface area contributed by atoms with Gasteiger partial charge in [-0.1, -0.05) is 0 Å². The van der Waals surface area contributed by atoms with Crippen LogP contribution in [0.15, 0.2) is 77.5 Å². The van der Waals surface area contributed by atoms with E-state index in [0.717, 1.165) is 5.56 Å². The lowest BCUT2D eigenvalue weighted by Gasteiger charge is -2.37. The van der Waals surface area contributed by atoms with Gasteiger partial charge < -0.3 is 14.1 Å². The van der Waals surface area contributed by atoms with Crippen LogP contribution in [-0.2, 0) is 14.4 Å². The third kappa shape index (κ3) is 4.07. The number of nitrogens with zero attached hydrogens (tertiary/aromatic N) is 3. The Morgan fingerprint density at radius 2 is 1.59 bits per heavy atom. The number of oxazole rings is 1. The number of halogens is 1. The monoisotopic (exact) mass is 527 g/mol. The molecule has 4 heterocycles. The number of barbiturate groups is 1. The van der Waals surface area contributed by atoms with Gasteiger partial charge >= 0.3 is 6.03 Å². The highest BCUT2D eigenvalue weighted by atomic mass is 19.1. The molecule has 2 aliphatic rings. The summed E-state index contributed by atoms with van der Waals surface area (Å²) in [6.45, 7) is 0.0981. The zero-order valence-corrected chi connectivity index (χ0v) is 20.0. The average molecular weight is 527 g/mol. The number of hydrogen-bond acceptors (Lipinski definition) is 9. The summed E-state index contributed by atoms with van der Waals surface area (Å²) in [6, 6.07) is 15.0. The van der Waals surface area contributed by atoms with E-state index in [4.69, 9.17) is 9.15 Å². The first-order valence-corrected chi connectivity index (χ1v) is 11.8. The van der Waals surface area contributed by atoms with Crippen LogP contribution in [0.25, 0.3) is 22.7 Å². The lowest BCUT2D eigenvalue weighted by molar-refractivity contribution is -0.142. The van der Waals surface area contributed by atoms with Crippen LogP contribution in [0.4, 0.5) is 14.9 Å². The van der Waals surface area contributed by atoms with Gasteiger partial charge in [0.1, 0.15) is 23.5 Å². The van der Waals surface area contributed by atoms with E-state index in [1.165, 1.54) is 35.6 Å². The van der Waals surface area contributed by atoms with Crippen molar-refractivity contribution in [2.24, 2.45) is 0 Å². The number of pyridine rings is 1. The highest BCUT2D eigenvalue weighted by Crippen LogP contribution is 2.34. The van der Waals surface area contributed by atoms with E-state index in [1.807, 2.05) is 10.6 Å². The van der Waals surface area contributed by atoms with Gasteiger partial charge in [0.05, 0.1) is 11.9 Å². The fraction of sp³-hybridized carbons (Fsp3) is 0.111. The van der Waals surface area contributed by atoms with Gasteiger partial charge in [-0.2, -0.15) is 0 Å². The maximum absolute atomic E-state index is 13.2. The Morgan fingerprint density at radius 1 is 0.897 bits per heavy atom. The number of ketones is 1. The average Bonchev–Trinajstić information content (AvgIpc) is 3.55. The Balaban J connectivity index is 1.17. The maximum Gasteiger partial charge on any atom is 0.328 e. The largest absolute Gasteiger partial charge is 0.444 e. The van der Waals surface area contributed by atoms with Gasteiger partial charge in [0, 0.05) is 30.2 Å². The third-order valence-electron chi connectivity index (χ3n) is 6.48. The summed E-state index contributed by atoms with van der Waals surface area (Å²) in [5.74, 6) is -1.84. The second kappa shape index (κ2) is 9.17. The van der Waals surface area contributed by atoms with Gasteiger partial charge in [-0.15, -0.1) is 0 Å². The Kier molecular flexibility index (Phi) is 5.64. The molecule has 0 saturated carbocycles. The Labute approximate surface area is 219 Å². The molecular formula is C27H18FN5O6. The van der Waals surface area contributed by atoms with E-state index in [9.17, 15) is 23.6 Å². The lowest BCUT2D eigenvalue weighted by atomic mass is 9.90. The molecule has 4 aromatic rings. The van der Waals surface area contributed by atoms with Crippen molar-refractivity contribution in [3.63, 3.8) is 0 Å². The molecular weight excluding hydrogens is 509 g/mol. The molecule has 4 amide bonds. The second-order valence-corrected chi connectivity index (χ2v) is 8.80. The molecule has 2 aromatic heterocycles. The van der Waals surface area contributed by atoms with Crippen LogP contribution in [0.1, 0.15) is 6.42 Å². The number of imide groups is 2. The number of nitrogens with one attached hydrogen (secondary N) is 2. The highest BCUT2D eigenvalue weighted by Gasteiger charge is 2.63. The number of Topliss-reactive ketones (excluding diaryl/α,β-unsaturated/α-hetero) is 1. The standard InChI is InChI=1S/C27H18FN5O6/c28-17-5-1-15(2-6-17)20-14-38-23(30-20)16-3-8-19(9-4-16)39-22-10-7-18(13-29-22)33-12-11-21(34)27(33)24(35)31-26(37)32-25(27)36/h1-10,13-14H,11-12H2,(H2,31,32,35,36,37). The van der Waals surface area contributed by atoms with Crippen molar-refractivity contribution in [2.75, 3.05) is 11.4 Å². The van der Waals surface area contributed by atoms with Gasteiger partial charge in [0.2, 0.25) is 11.8 Å². The number of amides is 4. The normalized spacial score (nSPS) is 16.4. The number of anilines is 1. The molecule has 194 valence electrons. The predicted octanol–water partition coefficient (Wildman–Crippen LogP) is 3.22. The molecule has 39 heavy (non-hydrogen) atoms. The van der Waals surface area contributed by atoms with E-state index in [1.54, 1.807) is 42.5 Å². The van der Waals surface area contributed by atoms with E-state index < -0.39 is 29.2 Å². The molecule has 12 heteroatoms. The number of urea groups is 1. The second-order valence-electron chi connectivity index (χ2n) is 8.80. The molecule has 0 radical (unpaired) electrons. The number of rotatable bonds is 5. The van der Waals surface area contributed by atoms with Crippen molar-refractivity contribution < 1.29 is 32.7 Å². The van der Waals surface area contributed by atoms with Crippen LogP contribution in [0.3, 0.4) is 0 Å². The molecule has 6 rings (SSSR count). The van der Waals surface area contributed by atoms with Gasteiger partial charge in [-0.05, 0) is 54.6 Å². The van der Waals surface area contributed by atoms with Crippen LogP contribution in [-0.4, -0.2) is 45.7 Å². The van der Waals surface area contributed by atoms with Crippen LogP contribution in [0.2, 0.25) is 0 Å². The summed E-state index contributed by atoms with van der Waals surface area (Å²) in [5, 5.41) is 4.00. The molecule has 2 aliphatic heterocycles. The van der Waals surface area contributed by atoms with Crippen molar-refractivity contribution in [1.29, 1.82) is 0 Å². The molecule has 2 N–H and O–H groups in total. The minimum atomic E-state index is -2.16. The Morgan fingerprint density at radius 3 is 2.26 bits per heavy atom. The summed E-state index contributed by atoms with van der Waals surface area (Å²) in [5.41, 5.74) is 0.174. The van der Waals surface area contributed by atoms with Gasteiger partial charge in [-0.25, -0.2) is 19.2 Å². The van der Waals surface area contributed by atoms with Crippen LogP contribution in [0.5, 0.6) is 11.6 Å². The first-order valence-electron chi connectivity index (χ1n) is 11.8. The summed E-state index contributed by atoms with van der Waals surface area (Å²) in [6.07, 6.45) is 2.83. The third-order valence-corrected chi connectivity index (χ3v) is 6.48. The predicted molar refractivity (Wildman–Crippen MR) is 133 cm³/mol. The van der Waals surface area contributed by atoms with Crippen molar-refractivity contribution >= 4 is 29.3 Å². The number of ether oxygens (including phenoxy) is 1. The SMILES string of the molecule is O=C1NC(=O)C2(C(=O)CCN2c2ccc(Oc3ccc(-c4nc(-c5ccc(F)cc5)co4)cc3)nc2)C(=O)N1. The summed E-state index contributed by atoms with van der Waals surface area (Å²) in [7, 11) is 0. The molecule has 1 spiro atoms. The van der Waals surface area contributed by atoms with Crippen molar-refractivity contribution in [3.8, 4) is 34.3 Å². The fourth-order valence-corrected chi connectivity index (χ4v) is 4.59. The molecule has 0 bridgehead atoms. The lowest BCUT2D eigenvalue weighted by Crippen LogP contribution is -2.74. The van der Waals surface area contributed by atoms with Gasteiger partial charge in [0.15, 0.2) is 5.78 Å². The number of carbonyl (C=O) groups excluding carboxylic acids is 4. The van der Waals surface area contributed by atoms with Crippen LogP contribution < -0.4 is 20.3 Å². The highest BCUT2D eigenvalue weighted by molar-refractivity contribution is 6.38. The smallest absolute Gasteiger partial charge is 0.328 e. The summed E-state index contributed by atoms with van der Waals surface area (Å²) in [4.78, 5) is 59.5. The van der Waals surface area contributed by atoms with Gasteiger partial charge in [0.25, 0.3) is 17.4 Å². The van der Waals surface area contributed by atoms with E-state index >= 15 is 0 Å². The number of hydrogen-bond donors (Lipinski definition) is 2. The molecule has 11 nitrogen and oxygen atoms in total. The van der Waals surface area contributed by atoms with E-state index in [-0.39, 0.29) is 24.7 Å². The number of aromatic nitrogens is 2. The minimum Gasteiger partial charge on any atom is -0.444 e. The molecule has 0 atom stereocenters. The quantitative estimate of drug-likeness (QED) is 0.374. The summed E-state index contributed by atoms with van der Waals surface area (Å²) >= 11 is 0. The topological polar surface area (TPSA) is 144 Å². The fourth-order valence-electron chi connectivity index (χ4n) is 4.59. The number of carbonyl (C=O) groups is 4. The van der Waals surface area contributed by atoms with Crippen molar-refractivity contribution in [1.82, 2.24) is 20.6 Å². The van der Waals surface area contributed by atoms with E-state index in [2.05, 4.69) is 9.97 Å². The first kappa shape index (κ1) is 24.0. The van der Waals surface area contributed by atoms with Crippen LogP contribution >= 0.6 is 0 Å². The van der Waals surface area contributed by atoms with Gasteiger partial charge in [-0.3, -0.25) is 25.0 Å². The first-order chi connectivity index (χ1) is 18.8. The zero-order valence-electron chi connectivity index (χ0n) is 20.0. The molecule has 2 saturated heterocycles.